The number of rotatable bonds is 2. The number of aromatic nitrogens is 2. The third kappa shape index (κ3) is 2.59. The molecule has 0 saturated carbocycles. The summed E-state index contributed by atoms with van der Waals surface area (Å²) in [5.41, 5.74) is 7.39. The van der Waals surface area contributed by atoms with Gasteiger partial charge in [-0.1, -0.05) is 72.8 Å². The normalized spacial score (nSPS) is 18.9. The number of pyridine rings is 2. The molecule has 0 fully saturated rings. The van der Waals surface area contributed by atoms with Crippen LogP contribution in [-0.2, 0) is 11.2 Å². The number of ether oxygens (including phenoxy) is 1. The van der Waals surface area contributed by atoms with Gasteiger partial charge in [0.1, 0.15) is 17.8 Å². The maximum atomic E-state index is 6.37. The van der Waals surface area contributed by atoms with Crippen molar-refractivity contribution in [3.8, 4) is 11.1 Å². The Kier molecular flexibility index (Phi) is 3.70. The van der Waals surface area contributed by atoms with E-state index in [0.717, 1.165) is 45.0 Å². The molecule has 0 N–H and O–H groups in total. The molecule has 2 atom stereocenters. The van der Waals surface area contributed by atoms with Crippen LogP contribution in [0.4, 0.5) is 0 Å². The first-order chi connectivity index (χ1) is 15.8. The molecule has 4 heteroatoms. The molecule has 3 aromatic carbocycles. The van der Waals surface area contributed by atoms with Crippen molar-refractivity contribution in [1.82, 2.24) is 9.97 Å². The highest BCUT2D eigenvalue weighted by Gasteiger charge is 2.40. The highest BCUT2D eigenvalue weighted by Crippen LogP contribution is 2.41. The zero-order valence-electron chi connectivity index (χ0n) is 17.3. The Balaban J connectivity index is 1.46. The van der Waals surface area contributed by atoms with Crippen LogP contribution in [0.2, 0.25) is 0 Å². The summed E-state index contributed by atoms with van der Waals surface area (Å²) in [4.78, 5) is 14.7. The lowest BCUT2D eigenvalue weighted by Crippen LogP contribution is -2.14. The molecule has 5 aromatic rings. The minimum absolute atomic E-state index is 0.0458. The molecule has 1 aliphatic carbocycles. The largest absolute Gasteiger partial charge is 0.470 e. The second-order valence-electron chi connectivity index (χ2n) is 8.40. The molecule has 0 amide bonds. The van der Waals surface area contributed by atoms with Gasteiger partial charge in [0, 0.05) is 23.4 Å². The number of hydrogen-bond acceptors (Lipinski definition) is 4. The van der Waals surface area contributed by atoms with Crippen molar-refractivity contribution >= 4 is 27.7 Å². The van der Waals surface area contributed by atoms with Gasteiger partial charge < -0.3 is 4.74 Å². The molecule has 4 nitrogen and oxygen atoms in total. The Morgan fingerprint density at radius 1 is 0.812 bits per heavy atom. The van der Waals surface area contributed by atoms with Crippen LogP contribution in [0.5, 0.6) is 0 Å². The van der Waals surface area contributed by atoms with Gasteiger partial charge in [0.25, 0.3) is 0 Å². The fraction of sp³-hybridized carbons (Fsp3) is 0.107. The number of nitrogens with zero attached hydrogens (tertiary/aromatic N) is 3. The minimum Gasteiger partial charge on any atom is -0.470 e. The van der Waals surface area contributed by atoms with E-state index in [2.05, 4.69) is 77.8 Å². The van der Waals surface area contributed by atoms with Crippen LogP contribution in [0.3, 0.4) is 0 Å². The third-order valence-electron chi connectivity index (χ3n) is 6.52. The number of benzene rings is 3. The summed E-state index contributed by atoms with van der Waals surface area (Å²) in [7, 11) is 0. The van der Waals surface area contributed by atoms with E-state index < -0.39 is 0 Å². The van der Waals surface area contributed by atoms with E-state index in [-0.39, 0.29) is 12.1 Å². The average molecular weight is 413 g/mol. The predicted molar refractivity (Wildman–Crippen MR) is 127 cm³/mol. The van der Waals surface area contributed by atoms with Gasteiger partial charge >= 0.3 is 0 Å². The Morgan fingerprint density at radius 3 is 2.62 bits per heavy atom. The molecule has 3 heterocycles. The molecule has 2 aromatic heterocycles. The molecule has 1 aliphatic heterocycles. The van der Waals surface area contributed by atoms with Crippen LogP contribution in [0, 0.1) is 0 Å². The first-order valence-corrected chi connectivity index (χ1v) is 10.9. The van der Waals surface area contributed by atoms with E-state index in [1.54, 1.807) is 0 Å². The van der Waals surface area contributed by atoms with Crippen molar-refractivity contribution in [2.24, 2.45) is 4.99 Å². The van der Waals surface area contributed by atoms with E-state index >= 15 is 0 Å². The van der Waals surface area contributed by atoms with E-state index in [9.17, 15) is 0 Å². The third-order valence-corrected chi connectivity index (χ3v) is 6.52. The van der Waals surface area contributed by atoms with Crippen molar-refractivity contribution in [2.75, 3.05) is 0 Å². The maximum absolute atomic E-state index is 6.37. The van der Waals surface area contributed by atoms with E-state index in [4.69, 9.17) is 14.7 Å². The average Bonchev–Trinajstić information content (AvgIpc) is 3.42. The topological polar surface area (TPSA) is 47.4 Å². The van der Waals surface area contributed by atoms with Crippen LogP contribution in [0.1, 0.15) is 22.9 Å². The smallest absolute Gasteiger partial charge is 0.236 e. The molecular weight excluding hydrogens is 394 g/mol. The molecule has 0 bridgehead atoms. The monoisotopic (exact) mass is 413 g/mol. The molecular formula is C28H19N3O. The first-order valence-electron chi connectivity index (χ1n) is 10.9. The van der Waals surface area contributed by atoms with Crippen molar-refractivity contribution in [1.29, 1.82) is 0 Å². The van der Waals surface area contributed by atoms with E-state index in [1.807, 2.05) is 18.3 Å². The van der Waals surface area contributed by atoms with Gasteiger partial charge in [0.05, 0.1) is 11.0 Å². The van der Waals surface area contributed by atoms with Crippen molar-refractivity contribution < 1.29 is 4.74 Å². The van der Waals surface area contributed by atoms with Gasteiger partial charge in [0.15, 0.2) is 0 Å². The first kappa shape index (κ1) is 17.6. The Hall–Kier alpha value is -4.05. The van der Waals surface area contributed by atoms with Crippen molar-refractivity contribution in [2.45, 2.75) is 18.6 Å². The quantitative estimate of drug-likeness (QED) is 0.339. The van der Waals surface area contributed by atoms with Crippen LogP contribution in [0.15, 0.2) is 96.1 Å². The lowest BCUT2D eigenvalue weighted by molar-refractivity contribution is 0.206. The molecule has 32 heavy (non-hydrogen) atoms. The van der Waals surface area contributed by atoms with Crippen LogP contribution < -0.4 is 0 Å². The highest BCUT2D eigenvalue weighted by molar-refractivity contribution is 6.10. The summed E-state index contributed by atoms with van der Waals surface area (Å²) >= 11 is 0. The Bertz CT molecular complexity index is 1540. The maximum Gasteiger partial charge on any atom is 0.236 e. The van der Waals surface area contributed by atoms with Crippen LogP contribution in [-0.4, -0.2) is 22.0 Å². The van der Waals surface area contributed by atoms with Gasteiger partial charge in [-0.3, -0.25) is 4.98 Å². The standard InChI is InChI=1S/C28H19N3O/c1-2-7-17(8-3-1)22-16-23(30-27-21(22)13-12-18-10-6-14-29-25(18)27)28-31-26-20-11-5-4-9-19(20)15-24(26)32-28/h1-14,16,24,26H,15H2. The highest BCUT2D eigenvalue weighted by atomic mass is 16.5. The summed E-state index contributed by atoms with van der Waals surface area (Å²) in [5, 5.41) is 2.15. The molecule has 0 radical (unpaired) electrons. The van der Waals surface area contributed by atoms with Crippen molar-refractivity contribution in [3.05, 3.63) is 108 Å². The summed E-state index contributed by atoms with van der Waals surface area (Å²) in [6, 6.07) is 29.3. The molecule has 0 spiro atoms. The molecule has 152 valence electrons. The second kappa shape index (κ2) is 6.72. The predicted octanol–water partition coefficient (Wildman–Crippen LogP) is 5.89. The van der Waals surface area contributed by atoms with Crippen LogP contribution in [0.25, 0.3) is 32.9 Å². The van der Waals surface area contributed by atoms with Gasteiger partial charge in [-0.05, 0) is 34.4 Å². The fourth-order valence-corrected chi connectivity index (χ4v) is 5.02. The van der Waals surface area contributed by atoms with Gasteiger partial charge in [-0.25, -0.2) is 9.98 Å². The van der Waals surface area contributed by atoms with Gasteiger partial charge in [-0.15, -0.1) is 0 Å². The molecule has 2 aliphatic rings. The second-order valence-corrected chi connectivity index (χ2v) is 8.40. The number of aliphatic imine (C=N–C) groups is 1. The Labute approximate surface area is 185 Å². The zero-order valence-corrected chi connectivity index (χ0v) is 17.3. The lowest BCUT2D eigenvalue weighted by atomic mass is 9.98. The van der Waals surface area contributed by atoms with Gasteiger partial charge in [0.2, 0.25) is 5.90 Å². The van der Waals surface area contributed by atoms with Crippen molar-refractivity contribution in [3.63, 3.8) is 0 Å². The Morgan fingerprint density at radius 2 is 1.69 bits per heavy atom. The van der Waals surface area contributed by atoms with E-state index in [1.165, 1.54) is 11.1 Å². The summed E-state index contributed by atoms with van der Waals surface area (Å²) in [6.07, 6.45) is 2.76. The SMILES string of the molecule is c1ccc(-c2cc(C3=NC4c5ccccc5CC4O3)nc3c2ccc2cccnc23)cc1. The number of fused-ring (bicyclic) bond motifs is 6. The minimum atomic E-state index is 0.0458. The lowest BCUT2D eigenvalue weighted by Gasteiger charge is -2.13. The molecule has 7 rings (SSSR count). The fourth-order valence-electron chi connectivity index (χ4n) is 5.02. The number of hydrogen-bond donors (Lipinski definition) is 0. The zero-order chi connectivity index (χ0) is 21.1. The molecule has 2 unspecified atom stereocenters. The summed E-state index contributed by atoms with van der Waals surface area (Å²) in [5.74, 6) is 0.626. The van der Waals surface area contributed by atoms with Crippen LogP contribution >= 0.6 is 0 Å². The van der Waals surface area contributed by atoms with E-state index in [0.29, 0.717) is 5.90 Å². The van der Waals surface area contributed by atoms with Gasteiger partial charge in [-0.2, -0.15) is 0 Å². The summed E-state index contributed by atoms with van der Waals surface area (Å²) in [6.45, 7) is 0. The molecule has 0 saturated heterocycles. The summed E-state index contributed by atoms with van der Waals surface area (Å²) < 4.78 is 6.37.